The minimum Gasteiger partial charge on any atom is -0.383 e. The van der Waals surface area contributed by atoms with E-state index in [1.54, 1.807) is 18.9 Å². The fraction of sp³-hybridized carbons (Fsp3) is 0.875. The third-order valence-corrected chi connectivity index (χ3v) is 2.29. The molecule has 0 aromatic heterocycles. The number of amides is 1. The quantitative estimate of drug-likeness (QED) is 0.541. The van der Waals surface area contributed by atoms with Crippen LogP contribution in [0, 0.1) is 0 Å². The Morgan fingerprint density at radius 1 is 1.69 bits per heavy atom. The summed E-state index contributed by atoms with van der Waals surface area (Å²) in [4.78, 5) is 10.9. The van der Waals surface area contributed by atoms with Crippen LogP contribution in [-0.4, -0.2) is 44.2 Å². The van der Waals surface area contributed by atoms with Gasteiger partial charge in [-0.1, -0.05) is 0 Å². The molecule has 0 rings (SSSR count). The topological polar surface area (TPSA) is 64.3 Å². The standard InChI is InChI=1S/C8H18N2O2S/c1-12-5-4-10-7(8(9)11)3-6-13-2/h7,10H,3-6H2,1-2H3,(H2,9,11). The van der Waals surface area contributed by atoms with E-state index in [2.05, 4.69) is 5.32 Å². The predicted molar refractivity (Wildman–Crippen MR) is 55.9 cm³/mol. The van der Waals surface area contributed by atoms with Crippen molar-refractivity contribution in [1.82, 2.24) is 5.32 Å². The highest BCUT2D eigenvalue weighted by Gasteiger charge is 2.12. The lowest BCUT2D eigenvalue weighted by Crippen LogP contribution is -2.42. The Balaban J connectivity index is 3.61. The molecule has 1 atom stereocenters. The van der Waals surface area contributed by atoms with Gasteiger partial charge < -0.3 is 15.8 Å². The van der Waals surface area contributed by atoms with Gasteiger partial charge in [-0.3, -0.25) is 4.79 Å². The summed E-state index contributed by atoms with van der Waals surface area (Å²) in [6, 6.07) is -0.220. The Morgan fingerprint density at radius 3 is 2.85 bits per heavy atom. The van der Waals surface area contributed by atoms with E-state index >= 15 is 0 Å². The number of hydrogen-bond donors (Lipinski definition) is 2. The molecule has 0 saturated heterocycles. The van der Waals surface area contributed by atoms with Crippen molar-refractivity contribution in [2.45, 2.75) is 12.5 Å². The zero-order valence-electron chi connectivity index (χ0n) is 8.21. The van der Waals surface area contributed by atoms with Gasteiger partial charge in [0.25, 0.3) is 0 Å². The molecule has 0 saturated carbocycles. The summed E-state index contributed by atoms with van der Waals surface area (Å²) >= 11 is 1.71. The van der Waals surface area contributed by atoms with Gasteiger partial charge in [-0.2, -0.15) is 11.8 Å². The van der Waals surface area contributed by atoms with Gasteiger partial charge in [0.15, 0.2) is 0 Å². The van der Waals surface area contributed by atoms with E-state index < -0.39 is 0 Å². The van der Waals surface area contributed by atoms with Crippen molar-refractivity contribution in [3.05, 3.63) is 0 Å². The number of ether oxygens (including phenoxy) is 1. The Labute approximate surface area is 83.6 Å². The molecule has 78 valence electrons. The summed E-state index contributed by atoms with van der Waals surface area (Å²) < 4.78 is 4.86. The van der Waals surface area contributed by atoms with Crippen LogP contribution >= 0.6 is 11.8 Å². The molecule has 3 N–H and O–H groups in total. The highest BCUT2D eigenvalue weighted by atomic mass is 32.2. The van der Waals surface area contributed by atoms with Crippen molar-refractivity contribution < 1.29 is 9.53 Å². The highest BCUT2D eigenvalue weighted by Crippen LogP contribution is 1.99. The second-order valence-corrected chi connectivity index (χ2v) is 3.67. The lowest BCUT2D eigenvalue weighted by atomic mass is 10.2. The Bertz CT molecular complexity index is 144. The van der Waals surface area contributed by atoms with Crippen LogP contribution in [0.3, 0.4) is 0 Å². The van der Waals surface area contributed by atoms with Crippen LogP contribution in [0.2, 0.25) is 0 Å². The fourth-order valence-corrected chi connectivity index (χ4v) is 1.39. The summed E-state index contributed by atoms with van der Waals surface area (Å²) in [6.45, 7) is 1.27. The van der Waals surface area contributed by atoms with Crippen molar-refractivity contribution in [3.8, 4) is 0 Å². The van der Waals surface area contributed by atoms with E-state index in [0.29, 0.717) is 13.2 Å². The molecule has 0 spiro atoms. The molecule has 0 heterocycles. The van der Waals surface area contributed by atoms with Crippen LogP contribution in [0.25, 0.3) is 0 Å². The van der Waals surface area contributed by atoms with Crippen molar-refractivity contribution >= 4 is 17.7 Å². The van der Waals surface area contributed by atoms with Gasteiger partial charge in [0.05, 0.1) is 12.6 Å². The monoisotopic (exact) mass is 206 g/mol. The largest absolute Gasteiger partial charge is 0.383 e. The molecule has 0 aliphatic carbocycles. The second kappa shape index (κ2) is 8.34. The molecule has 5 heteroatoms. The second-order valence-electron chi connectivity index (χ2n) is 2.68. The number of carbonyl (C=O) groups excluding carboxylic acids is 1. The summed E-state index contributed by atoms with van der Waals surface area (Å²) in [6.07, 6.45) is 2.79. The molecular weight excluding hydrogens is 188 g/mol. The van der Waals surface area contributed by atoms with Gasteiger partial charge in [0, 0.05) is 13.7 Å². The molecule has 1 unspecified atom stereocenters. The number of hydrogen-bond acceptors (Lipinski definition) is 4. The van der Waals surface area contributed by atoms with Gasteiger partial charge in [0.1, 0.15) is 0 Å². The predicted octanol–water partition coefficient (Wildman–Crippen LogP) is -0.171. The maximum absolute atomic E-state index is 10.9. The minimum atomic E-state index is -0.287. The Hall–Kier alpha value is -0.260. The van der Waals surface area contributed by atoms with Crippen LogP contribution in [0.15, 0.2) is 0 Å². The molecule has 13 heavy (non-hydrogen) atoms. The average Bonchev–Trinajstić information content (AvgIpc) is 2.10. The first kappa shape index (κ1) is 12.7. The maximum Gasteiger partial charge on any atom is 0.234 e. The van der Waals surface area contributed by atoms with Gasteiger partial charge in [-0.15, -0.1) is 0 Å². The zero-order chi connectivity index (χ0) is 10.1. The van der Waals surface area contributed by atoms with E-state index in [1.165, 1.54) is 0 Å². The van der Waals surface area contributed by atoms with E-state index in [-0.39, 0.29) is 11.9 Å². The molecule has 0 radical (unpaired) electrons. The fourth-order valence-electron chi connectivity index (χ4n) is 0.916. The normalized spacial score (nSPS) is 12.8. The van der Waals surface area contributed by atoms with Gasteiger partial charge in [-0.05, 0) is 18.4 Å². The SMILES string of the molecule is COCCNC(CCSC)C(N)=O. The maximum atomic E-state index is 10.9. The third kappa shape index (κ3) is 6.86. The van der Waals surface area contributed by atoms with Crippen LogP contribution in [0.1, 0.15) is 6.42 Å². The highest BCUT2D eigenvalue weighted by molar-refractivity contribution is 7.98. The Kier molecular flexibility index (Phi) is 8.18. The number of nitrogens with one attached hydrogen (secondary N) is 1. The van der Waals surface area contributed by atoms with Crippen LogP contribution in [-0.2, 0) is 9.53 Å². The molecule has 1 amide bonds. The smallest absolute Gasteiger partial charge is 0.234 e. The third-order valence-electron chi connectivity index (χ3n) is 1.65. The van der Waals surface area contributed by atoms with Crippen LogP contribution in [0.4, 0.5) is 0 Å². The minimum absolute atomic E-state index is 0.220. The summed E-state index contributed by atoms with van der Waals surface area (Å²) in [7, 11) is 1.63. The first-order valence-corrected chi connectivity index (χ1v) is 5.62. The number of methoxy groups -OCH3 is 1. The molecule has 0 aromatic rings. The van der Waals surface area contributed by atoms with Crippen molar-refractivity contribution in [2.24, 2.45) is 5.73 Å². The molecule has 0 aliphatic heterocycles. The molecule has 0 fully saturated rings. The van der Waals surface area contributed by atoms with E-state index in [4.69, 9.17) is 10.5 Å². The summed E-state index contributed by atoms with van der Waals surface area (Å²) in [5, 5.41) is 3.04. The summed E-state index contributed by atoms with van der Waals surface area (Å²) in [5.74, 6) is 0.651. The summed E-state index contributed by atoms with van der Waals surface area (Å²) in [5.41, 5.74) is 5.21. The first-order valence-electron chi connectivity index (χ1n) is 4.23. The number of thioether (sulfide) groups is 1. The Morgan fingerprint density at radius 2 is 2.38 bits per heavy atom. The lowest BCUT2D eigenvalue weighted by Gasteiger charge is -2.13. The van der Waals surface area contributed by atoms with Crippen LogP contribution in [0.5, 0.6) is 0 Å². The van der Waals surface area contributed by atoms with Crippen molar-refractivity contribution in [1.29, 1.82) is 0 Å². The first-order chi connectivity index (χ1) is 6.22. The van der Waals surface area contributed by atoms with Gasteiger partial charge in [0.2, 0.25) is 5.91 Å². The van der Waals surface area contributed by atoms with Gasteiger partial charge in [-0.25, -0.2) is 0 Å². The number of rotatable bonds is 8. The molecule has 4 nitrogen and oxygen atoms in total. The molecule has 0 aromatic carbocycles. The number of nitrogens with two attached hydrogens (primary N) is 1. The van der Waals surface area contributed by atoms with Crippen molar-refractivity contribution in [3.63, 3.8) is 0 Å². The average molecular weight is 206 g/mol. The van der Waals surface area contributed by atoms with E-state index in [9.17, 15) is 4.79 Å². The molecular formula is C8H18N2O2S. The van der Waals surface area contributed by atoms with Crippen molar-refractivity contribution in [2.75, 3.05) is 32.3 Å². The lowest BCUT2D eigenvalue weighted by molar-refractivity contribution is -0.120. The molecule has 0 aliphatic rings. The van der Waals surface area contributed by atoms with Gasteiger partial charge >= 0.3 is 0 Å². The molecule has 0 bridgehead atoms. The zero-order valence-corrected chi connectivity index (χ0v) is 9.02. The van der Waals surface area contributed by atoms with Crippen LogP contribution < -0.4 is 11.1 Å². The van der Waals surface area contributed by atoms with E-state index in [0.717, 1.165) is 12.2 Å². The number of carbonyl (C=O) groups is 1. The van der Waals surface area contributed by atoms with E-state index in [1.807, 2.05) is 6.26 Å². The number of primary amides is 1.